The minimum atomic E-state index is -0.598. The second-order valence-electron chi connectivity index (χ2n) is 5.77. The minimum Gasteiger partial charge on any atom is -0.376 e. The van der Waals surface area contributed by atoms with Crippen LogP contribution in [0.1, 0.15) is 31.4 Å². The first-order valence-corrected chi connectivity index (χ1v) is 7.62. The molecule has 1 N–H and O–H groups in total. The number of benzene rings is 1. The van der Waals surface area contributed by atoms with Gasteiger partial charge < -0.3 is 10.1 Å². The van der Waals surface area contributed by atoms with Crippen molar-refractivity contribution < 1.29 is 18.3 Å². The predicted molar refractivity (Wildman–Crippen MR) is 82.3 cm³/mol. The summed E-state index contributed by atoms with van der Waals surface area (Å²) in [5.74, 6) is -1.13. The molecule has 1 unspecified atom stereocenters. The van der Waals surface area contributed by atoms with Crippen molar-refractivity contribution in [2.75, 3.05) is 19.8 Å². The molecular weight excluding hydrogens is 302 g/mol. The van der Waals surface area contributed by atoms with E-state index in [1.165, 1.54) is 12.1 Å². The molecule has 23 heavy (non-hydrogen) atoms. The van der Waals surface area contributed by atoms with Gasteiger partial charge in [-0.05, 0) is 13.0 Å². The molecule has 3 rings (SSSR count). The van der Waals surface area contributed by atoms with Crippen LogP contribution < -0.4 is 5.32 Å². The number of halogens is 2. The number of hydrogen-bond acceptors (Lipinski definition) is 4. The normalized spacial score (nSPS) is 19.4. The number of carbonyl (C=O) groups is 1. The average molecular weight is 320 g/mol. The van der Waals surface area contributed by atoms with E-state index in [2.05, 4.69) is 10.3 Å². The highest BCUT2D eigenvalue weighted by Gasteiger charge is 2.25. The van der Waals surface area contributed by atoms with Crippen molar-refractivity contribution in [1.82, 2.24) is 5.32 Å². The largest absolute Gasteiger partial charge is 0.376 e. The summed E-state index contributed by atoms with van der Waals surface area (Å²) in [5, 5.41) is 3.15. The first kappa shape index (κ1) is 16.0. The Kier molecular flexibility index (Phi) is 4.63. The van der Waals surface area contributed by atoms with Crippen LogP contribution in [0.3, 0.4) is 0 Å². The molecule has 0 fully saturated rings. The lowest BCUT2D eigenvalue weighted by Crippen LogP contribution is -2.32. The van der Waals surface area contributed by atoms with Crippen LogP contribution >= 0.6 is 0 Å². The van der Waals surface area contributed by atoms with Gasteiger partial charge in [-0.1, -0.05) is 6.07 Å². The molecule has 0 amide bonds. The lowest BCUT2D eigenvalue weighted by atomic mass is 9.98. The monoisotopic (exact) mass is 320 g/mol. The molecule has 1 aromatic rings. The van der Waals surface area contributed by atoms with Gasteiger partial charge in [0.15, 0.2) is 5.78 Å². The van der Waals surface area contributed by atoms with Gasteiger partial charge in [0, 0.05) is 41.9 Å². The molecule has 0 saturated heterocycles. The van der Waals surface area contributed by atoms with Crippen molar-refractivity contribution in [3.05, 3.63) is 46.7 Å². The van der Waals surface area contributed by atoms with E-state index >= 15 is 0 Å². The Bertz CT molecular complexity index is 698. The summed E-state index contributed by atoms with van der Waals surface area (Å²) in [6.07, 6.45) is 0.903. The third-order valence-electron chi connectivity index (χ3n) is 4.11. The van der Waals surface area contributed by atoms with E-state index in [9.17, 15) is 13.6 Å². The van der Waals surface area contributed by atoms with Crippen LogP contribution in [0, 0.1) is 11.6 Å². The van der Waals surface area contributed by atoms with E-state index in [1.54, 1.807) is 6.92 Å². The molecule has 0 aromatic heterocycles. The molecule has 2 heterocycles. The molecule has 6 heteroatoms. The van der Waals surface area contributed by atoms with E-state index in [4.69, 9.17) is 4.74 Å². The van der Waals surface area contributed by atoms with Gasteiger partial charge in [-0.25, -0.2) is 8.78 Å². The topological polar surface area (TPSA) is 50.7 Å². The number of nitrogens with zero attached hydrogens (tertiary/aromatic N) is 1. The Balaban J connectivity index is 1.67. The van der Waals surface area contributed by atoms with Crippen molar-refractivity contribution in [2.45, 2.75) is 25.8 Å². The number of Topliss-reactive ketones (excluding diaryl/α,β-unsaturated/α-hetero) is 1. The number of ketones is 1. The molecule has 122 valence electrons. The summed E-state index contributed by atoms with van der Waals surface area (Å²) in [6.45, 7) is 3.10. The molecule has 2 aliphatic heterocycles. The number of ether oxygens (including phenoxy) is 1. The van der Waals surface area contributed by atoms with Gasteiger partial charge in [0.05, 0.1) is 25.3 Å². The van der Waals surface area contributed by atoms with Gasteiger partial charge in [0.25, 0.3) is 0 Å². The fourth-order valence-corrected chi connectivity index (χ4v) is 2.80. The maximum absolute atomic E-state index is 13.8. The van der Waals surface area contributed by atoms with E-state index in [1.807, 2.05) is 0 Å². The summed E-state index contributed by atoms with van der Waals surface area (Å²) in [4.78, 5) is 16.6. The van der Waals surface area contributed by atoms with E-state index < -0.39 is 11.6 Å². The summed E-state index contributed by atoms with van der Waals surface area (Å²) in [5.41, 5.74) is 2.62. The lowest BCUT2D eigenvalue weighted by molar-refractivity contribution is -0.115. The molecule has 1 atom stereocenters. The number of carbonyl (C=O) groups excluding carboxylic acids is 1. The molecule has 0 saturated carbocycles. The summed E-state index contributed by atoms with van der Waals surface area (Å²) in [7, 11) is 0. The average Bonchev–Trinajstić information content (AvgIpc) is 2.53. The molecule has 4 nitrogen and oxygen atoms in total. The van der Waals surface area contributed by atoms with Gasteiger partial charge >= 0.3 is 0 Å². The van der Waals surface area contributed by atoms with Crippen LogP contribution in [0.25, 0.3) is 0 Å². The van der Waals surface area contributed by atoms with E-state index in [-0.39, 0.29) is 18.2 Å². The van der Waals surface area contributed by atoms with Crippen LogP contribution in [0.2, 0.25) is 0 Å². The minimum absolute atomic E-state index is 0.0483. The zero-order valence-corrected chi connectivity index (χ0v) is 12.9. The lowest BCUT2D eigenvalue weighted by Gasteiger charge is -2.23. The highest BCUT2D eigenvalue weighted by atomic mass is 19.1. The Labute approximate surface area is 133 Å². The first-order valence-electron chi connectivity index (χ1n) is 7.62. The van der Waals surface area contributed by atoms with Crippen LogP contribution in [0.4, 0.5) is 8.78 Å². The third kappa shape index (κ3) is 3.54. The number of nitrogens with one attached hydrogen (secondary N) is 1. The smallest absolute Gasteiger partial charge is 0.168 e. The molecule has 2 aliphatic rings. The van der Waals surface area contributed by atoms with Gasteiger partial charge in [0.2, 0.25) is 0 Å². The van der Waals surface area contributed by atoms with Crippen molar-refractivity contribution in [2.24, 2.45) is 4.99 Å². The summed E-state index contributed by atoms with van der Waals surface area (Å²) < 4.78 is 32.0. The van der Waals surface area contributed by atoms with Crippen molar-refractivity contribution in [3.8, 4) is 0 Å². The SMILES string of the molecule is CC(NCC1=NC2=C(COCC2)C(=O)C1)c1ccc(F)cc1F. The standard InChI is InChI=1S/C17H18F2N2O2/c1-10(13-3-2-11(18)6-15(13)19)20-8-12-7-17(22)14-9-23-5-4-16(14)21-12/h2-3,6,10,20H,4-5,7-9H2,1H3. The molecule has 0 bridgehead atoms. The third-order valence-corrected chi connectivity index (χ3v) is 4.11. The van der Waals surface area contributed by atoms with Crippen LogP contribution in [-0.4, -0.2) is 31.3 Å². The molecule has 0 aliphatic carbocycles. The zero-order valence-electron chi connectivity index (χ0n) is 12.9. The second kappa shape index (κ2) is 6.68. The number of rotatable bonds is 4. The van der Waals surface area contributed by atoms with Crippen LogP contribution in [0.5, 0.6) is 0 Å². The van der Waals surface area contributed by atoms with E-state index in [0.29, 0.717) is 37.3 Å². The highest BCUT2D eigenvalue weighted by molar-refractivity contribution is 6.13. The Morgan fingerprint density at radius 1 is 1.39 bits per heavy atom. The summed E-state index contributed by atoms with van der Waals surface area (Å²) in [6, 6.07) is 3.22. The van der Waals surface area contributed by atoms with Crippen LogP contribution in [0.15, 0.2) is 34.5 Å². The van der Waals surface area contributed by atoms with Crippen molar-refractivity contribution in [3.63, 3.8) is 0 Å². The van der Waals surface area contributed by atoms with Crippen LogP contribution in [-0.2, 0) is 9.53 Å². The number of aliphatic imine (C=N–C) groups is 1. The number of hydrogen-bond donors (Lipinski definition) is 1. The molecular formula is C17H18F2N2O2. The highest BCUT2D eigenvalue weighted by Crippen LogP contribution is 2.24. The van der Waals surface area contributed by atoms with E-state index in [0.717, 1.165) is 17.5 Å². The first-order chi connectivity index (χ1) is 11.0. The molecule has 0 spiro atoms. The molecule has 0 radical (unpaired) electrons. The maximum atomic E-state index is 13.8. The van der Waals surface area contributed by atoms with Crippen molar-refractivity contribution >= 4 is 11.5 Å². The predicted octanol–water partition coefficient (Wildman–Crippen LogP) is 2.70. The Hall–Kier alpha value is -1.92. The second-order valence-corrected chi connectivity index (χ2v) is 5.77. The zero-order chi connectivity index (χ0) is 16.4. The maximum Gasteiger partial charge on any atom is 0.168 e. The van der Waals surface area contributed by atoms with Gasteiger partial charge in [-0.2, -0.15) is 0 Å². The Morgan fingerprint density at radius 3 is 3.00 bits per heavy atom. The quantitative estimate of drug-likeness (QED) is 0.928. The van der Waals surface area contributed by atoms with Gasteiger partial charge in [-0.15, -0.1) is 0 Å². The fraction of sp³-hybridized carbons (Fsp3) is 0.412. The Morgan fingerprint density at radius 2 is 2.22 bits per heavy atom. The summed E-state index contributed by atoms with van der Waals surface area (Å²) >= 11 is 0. The van der Waals surface area contributed by atoms with Crippen molar-refractivity contribution in [1.29, 1.82) is 0 Å². The fourth-order valence-electron chi connectivity index (χ4n) is 2.80. The van der Waals surface area contributed by atoms with Gasteiger partial charge in [-0.3, -0.25) is 9.79 Å². The van der Waals surface area contributed by atoms with Gasteiger partial charge in [0.1, 0.15) is 11.6 Å². The molecule has 1 aromatic carbocycles.